The van der Waals surface area contributed by atoms with E-state index in [1.807, 2.05) is 0 Å². The number of hydrogen-bond acceptors (Lipinski definition) is 4. The summed E-state index contributed by atoms with van der Waals surface area (Å²) in [5.41, 5.74) is 1.84. The monoisotopic (exact) mass is 427 g/mol. The van der Waals surface area contributed by atoms with E-state index < -0.39 is 0 Å². The van der Waals surface area contributed by atoms with Gasteiger partial charge in [-0.25, -0.2) is 9.40 Å². The zero-order valence-corrected chi connectivity index (χ0v) is 18.6. The van der Waals surface area contributed by atoms with Crippen LogP contribution in [0.4, 0.5) is 4.39 Å². The predicted molar refractivity (Wildman–Crippen MR) is 119 cm³/mol. The van der Waals surface area contributed by atoms with Crippen LogP contribution in [-0.4, -0.2) is 53.5 Å². The summed E-state index contributed by atoms with van der Waals surface area (Å²) in [5.74, 6) is 0.475. The van der Waals surface area contributed by atoms with Gasteiger partial charge in [-0.05, 0) is 75.9 Å². The lowest BCUT2D eigenvalue weighted by atomic mass is 9.75. The van der Waals surface area contributed by atoms with Crippen LogP contribution >= 0.6 is 0 Å². The highest BCUT2D eigenvalue weighted by molar-refractivity contribution is 5.98. The van der Waals surface area contributed by atoms with Crippen molar-refractivity contribution < 1.29 is 14.0 Å². The summed E-state index contributed by atoms with van der Waals surface area (Å²) in [6, 6.07) is 5.86. The fourth-order valence-electron chi connectivity index (χ4n) is 5.45. The molecule has 1 aromatic carbocycles. The Hall–Kier alpha value is -2.08. The van der Waals surface area contributed by atoms with Gasteiger partial charge in [-0.2, -0.15) is 5.10 Å². The van der Waals surface area contributed by atoms with Crippen LogP contribution in [0.1, 0.15) is 68.6 Å². The van der Waals surface area contributed by atoms with Crippen LogP contribution in [-0.2, 0) is 4.79 Å². The van der Waals surface area contributed by atoms with Crippen LogP contribution in [0, 0.1) is 23.6 Å². The zero-order chi connectivity index (χ0) is 21.8. The smallest absolute Gasteiger partial charge is 0.246 e. The van der Waals surface area contributed by atoms with Crippen molar-refractivity contribution in [2.45, 2.75) is 58.3 Å². The molecule has 2 unspecified atom stereocenters. The number of hydrogen-bond donors (Lipinski definition) is 0. The number of hydrazone groups is 1. The van der Waals surface area contributed by atoms with E-state index >= 15 is 0 Å². The number of amides is 1. The summed E-state index contributed by atoms with van der Waals surface area (Å²) in [6.45, 7) is 5.27. The third-order valence-corrected chi connectivity index (χ3v) is 7.25. The average molecular weight is 428 g/mol. The van der Waals surface area contributed by atoms with Crippen molar-refractivity contribution >= 4 is 17.4 Å². The van der Waals surface area contributed by atoms with Crippen molar-refractivity contribution in [2.75, 3.05) is 26.2 Å². The number of piperidine rings is 1. The lowest BCUT2D eigenvalue weighted by Crippen LogP contribution is -2.48. The van der Waals surface area contributed by atoms with E-state index in [1.54, 1.807) is 17.1 Å². The Kier molecular flexibility index (Phi) is 7.16. The number of Topliss-reactive ketones (excluding diaryl/α,β-unsaturated/α-hetero) is 1. The predicted octanol–water partition coefficient (Wildman–Crippen LogP) is 4.53. The topological polar surface area (TPSA) is 53.0 Å². The molecule has 0 radical (unpaired) electrons. The number of carbonyl (C=O) groups excluding carboxylic acids is 2. The molecule has 0 N–H and O–H groups in total. The molecule has 1 saturated carbocycles. The highest BCUT2D eigenvalue weighted by Crippen LogP contribution is 2.35. The van der Waals surface area contributed by atoms with Gasteiger partial charge in [-0.15, -0.1) is 0 Å². The van der Waals surface area contributed by atoms with Gasteiger partial charge < -0.3 is 4.90 Å². The second kappa shape index (κ2) is 10.0. The van der Waals surface area contributed by atoms with E-state index in [9.17, 15) is 14.0 Å². The standard InChI is InChI=1S/C25H34FN3O2/c1-2-5-22-21-6-3-4-7-23(21)27-29(25(22)31)17-16-28-14-12-19(13-15-28)24(30)18-8-10-20(26)11-9-18/h8-11,19,21-22H,2-7,12-17H2,1H3. The summed E-state index contributed by atoms with van der Waals surface area (Å²) in [6.07, 6.45) is 8.14. The van der Waals surface area contributed by atoms with Crippen molar-refractivity contribution in [3.05, 3.63) is 35.6 Å². The highest BCUT2D eigenvalue weighted by atomic mass is 19.1. The van der Waals surface area contributed by atoms with E-state index in [2.05, 4.69) is 11.8 Å². The first-order chi connectivity index (χ1) is 15.1. The number of likely N-dealkylation sites (tertiary alicyclic amines) is 1. The minimum absolute atomic E-state index is 0.00416. The van der Waals surface area contributed by atoms with Crippen LogP contribution in [0.25, 0.3) is 0 Å². The minimum Gasteiger partial charge on any atom is -0.301 e. The molecule has 0 bridgehead atoms. The molecule has 4 rings (SSSR count). The molecule has 5 nitrogen and oxygen atoms in total. The molecule has 1 amide bonds. The Bertz CT molecular complexity index is 815. The SMILES string of the molecule is CCCC1C(=O)N(CCN2CCC(C(=O)c3ccc(F)cc3)CC2)N=C2CCCCC21. The summed E-state index contributed by atoms with van der Waals surface area (Å²) in [5, 5.41) is 6.52. The number of rotatable bonds is 7. The highest BCUT2D eigenvalue weighted by Gasteiger charge is 2.39. The van der Waals surface area contributed by atoms with Gasteiger partial charge in [0, 0.05) is 35.6 Å². The second-order valence-corrected chi connectivity index (χ2v) is 9.29. The molecular weight excluding hydrogens is 393 g/mol. The molecule has 2 aliphatic heterocycles. The first-order valence-corrected chi connectivity index (χ1v) is 12.0. The van der Waals surface area contributed by atoms with Crippen LogP contribution in [0.5, 0.6) is 0 Å². The fourth-order valence-corrected chi connectivity index (χ4v) is 5.45. The Morgan fingerprint density at radius 3 is 2.55 bits per heavy atom. The quantitative estimate of drug-likeness (QED) is 0.601. The maximum atomic E-state index is 13.1. The lowest BCUT2D eigenvalue weighted by Gasteiger charge is -2.39. The first kappa shape index (κ1) is 22.1. The van der Waals surface area contributed by atoms with Gasteiger partial charge >= 0.3 is 0 Å². The molecule has 0 spiro atoms. The molecule has 2 fully saturated rings. The van der Waals surface area contributed by atoms with Gasteiger partial charge in [0.2, 0.25) is 5.91 Å². The van der Waals surface area contributed by atoms with Gasteiger partial charge in [0.1, 0.15) is 5.82 Å². The van der Waals surface area contributed by atoms with Gasteiger partial charge in [-0.3, -0.25) is 9.59 Å². The normalized spacial score (nSPS) is 25.3. The molecule has 2 atom stereocenters. The summed E-state index contributed by atoms with van der Waals surface area (Å²) < 4.78 is 13.1. The van der Waals surface area contributed by atoms with Gasteiger partial charge in [-0.1, -0.05) is 19.8 Å². The van der Waals surface area contributed by atoms with Crippen LogP contribution in [0.2, 0.25) is 0 Å². The number of nitrogens with zero attached hydrogens (tertiary/aromatic N) is 3. The van der Waals surface area contributed by atoms with Gasteiger partial charge in [0.05, 0.1) is 6.54 Å². The summed E-state index contributed by atoms with van der Waals surface area (Å²) in [4.78, 5) is 28.1. The number of ketones is 1. The van der Waals surface area contributed by atoms with Crippen molar-refractivity contribution in [3.63, 3.8) is 0 Å². The maximum absolute atomic E-state index is 13.1. The first-order valence-electron chi connectivity index (χ1n) is 12.0. The third kappa shape index (κ3) is 5.05. The van der Waals surface area contributed by atoms with Crippen molar-refractivity contribution in [2.24, 2.45) is 22.9 Å². The molecule has 2 heterocycles. The van der Waals surface area contributed by atoms with Crippen molar-refractivity contribution in [3.8, 4) is 0 Å². The molecule has 6 heteroatoms. The number of fused-ring (bicyclic) bond motifs is 1. The molecule has 0 aromatic heterocycles. The molecule has 1 saturated heterocycles. The van der Waals surface area contributed by atoms with Crippen molar-refractivity contribution in [1.82, 2.24) is 9.91 Å². The zero-order valence-electron chi connectivity index (χ0n) is 18.6. The fraction of sp³-hybridized carbons (Fsp3) is 0.640. The van der Waals surface area contributed by atoms with Gasteiger partial charge in [0.15, 0.2) is 5.78 Å². The Labute approximate surface area is 184 Å². The average Bonchev–Trinajstić information content (AvgIpc) is 2.80. The third-order valence-electron chi connectivity index (χ3n) is 7.25. The van der Waals surface area contributed by atoms with E-state index in [0.29, 0.717) is 18.0 Å². The molecule has 31 heavy (non-hydrogen) atoms. The molecule has 1 aliphatic carbocycles. The van der Waals surface area contributed by atoms with Gasteiger partial charge in [0.25, 0.3) is 0 Å². The van der Waals surface area contributed by atoms with E-state index in [4.69, 9.17) is 5.10 Å². The number of halogens is 1. The van der Waals surface area contributed by atoms with E-state index in [-0.39, 0.29) is 29.3 Å². The van der Waals surface area contributed by atoms with Crippen LogP contribution < -0.4 is 0 Å². The molecule has 3 aliphatic rings. The maximum Gasteiger partial charge on any atom is 0.246 e. The lowest BCUT2D eigenvalue weighted by molar-refractivity contribution is -0.138. The summed E-state index contributed by atoms with van der Waals surface area (Å²) in [7, 11) is 0. The van der Waals surface area contributed by atoms with E-state index in [0.717, 1.165) is 58.2 Å². The Morgan fingerprint density at radius 2 is 1.84 bits per heavy atom. The molecule has 1 aromatic rings. The van der Waals surface area contributed by atoms with Crippen LogP contribution in [0.3, 0.4) is 0 Å². The Morgan fingerprint density at radius 1 is 1.10 bits per heavy atom. The number of benzene rings is 1. The molecule has 168 valence electrons. The second-order valence-electron chi connectivity index (χ2n) is 9.29. The largest absolute Gasteiger partial charge is 0.301 e. The number of carbonyl (C=O) groups is 2. The Balaban J connectivity index is 1.30. The van der Waals surface area contributed by atoms with Crippen molar-refractivity contribution in [1.29, 1.82) is 0 Å². The molecular formula is C25H34FN3O2. The minimum atomic E-state index is -0.317. The summed E-state index contributed by atoms with van der Waals surface area (Å²) >= 11 is 0. The van der Waals surface area contributed by atoms with E-state index in [1.165, 1.54) is 30.7 Å². The van der Waals surface area contributed by atoms with Crippen LogP contribution in [0.15, 0.2) is 29.4 Å².